The predicted octanol–water partition coefficient (Wildman–Crippen LogP) is 7.50. The molecule has 0 radical (unpaired) electrons. The van der Waals surface area contributed by atoms with Gasteiger partial charge in [-0.15, -0.1) is 0 Å². The Bertz CT molecular complexity index is 1830. The third-order valence-corrected chi connectivity index (χ3v) is 10.3. The van der Waals surface area contributed by atoms with Gasteiger partial charge in [-0.25, -0.2) is 0 Å². The smallest absolute Gasteiger partial charge is 0.229 e. The SMILES string of the molecule is CC1(C)CC(=O)C2=C(C1)OC1=C(C(=O)C3=C(C1=O)C(c1cc(Br)ccc1O)C1=C(CC(C)(C)CC1=O)O3)C2c1cc(Br)ccc1O. The van der Waals surface area contributed by atoms with Gasteiger partial charge >= 0.3 is 0 Å². The highest BCUT2D eigenvalue weighted by atomic mass is 79.9. The van der Waals surface area contributed by atoms with Crippen LogP contribution >= 0.6 is 31.9 Å². The van der Waals surface area contributed by atoms with Gasteiger partial charge in [-0.1, -0.05) is 59.6 Å². The second-order valence-corrected chi connectivity index (χ2v) is 16.0. The molecule has 0 aromatic heterocycles. The molecule has 0 saturated heterocycles. The molecule has 2 atom stereocenters. The average Bonchev–Trinajstić information content (AvgIpc) is 2.95. The van der Waals surface area contributed by atoms with E-state index in [9.17, 15) is 29.4 Å². The van der Waals surface area contributed by atoms with E-state index < -0.39 is 34.2 Å². The van der Waals surface area contributed by atoms with E-state index in [2.05, 4.69) is 31.9 Å². The molecule has 5 aliphatic rings. The van der Waals surface area contributed by atoms with Gasteiger partial charge in [0, 0.05) is 56.9 Å². The molecule has 10 heteroatoms. The number of ketones is 4. The number of benzene rings is 2. The molecular formula is C36H30Br2O8. The number of halogens is 2. The van der Waals surface area contributed by atoms with Crippen molar-refractivity contribution >= 4 is 55.0 Å². The summed E-state index contributed by atoms with van der Waals surface area (Å²) in [6.07, 6.45) is 1.01. The summed E-state index contributed by atoms with van der Waals surface area (Å²) >= 11 is 6.89. The van der Waals surface area contributed by atoms with Crippen molar-refractivity contribution in [2.75, 3.05) is 0 Å². The first-order chi connectivity index (χ1) is 21.6. The fraction of sp³-hybridized carbons (Fsp3) is 0.333. The van der Waals surface area contributed by atoms with Crippen LogP contribution in [0.3, 0.4) is 0 Å². The lowest BCUT2D eigenvalue weighted by atomic mass is 9.65. The van der Waals surface area contributed by atoms with Crippen LogP contribution in [0.5, 0.6) is 11.5 Å². The van der Waals surface area contributed by atoms with Crippen LogP contribution in [0.1, 0.15) is 76.3 Å². The van der Waals surface area contributed by atoms with Gasteiger partial charge in [0.25, 0.3) is 0 Å². The van der Waals surface area contributed by atoms with Gasteiger partial charge in [0.1, 0.15) is 23.0 Å². The summed E-state index contributed by atoms with van der Waals surface area (Å²) in [6, 6.07) is 9.45. The summed E-state index contributed by atoms with van der Waals surface area (Å²) in [4.78, 5) is 57.2. The van der Waals surface area contributed by atoms with Crippen LogP contribution in [-0.2, 0) is 28.7 Å². The number of rotatable bonds is 2. The van der Waals surface area contributed by atoms with Crippen LogP contribution in [0, 0.1) is 10.8 Å². The van der Waals surface area contributed by atoms with Crippen molar-refractivity contribution in [2.24, 2.45) is 10.8 Å². The maximum absolute atomic E-state index is 14.8. The maximum Gasteiger partial charge on any atom is 0.229 e. The highest BCUT2D eigenvalue weighted by Gasteiger charge is 2.55. The third kappa shape index (κ3) is 4.75. The van der Waals surface area contributed by atoms with Gasteiger partial charge in [0.2, 0.25) is 11.6 Å². The van der Waals surface area contributed by atoms with E-state index in [0.29, 0.717) is 21.8 Å². The molecule has 46 heavy (non-hydrogen) atoms. The molecular weight excluding hydrogens is 720 g/mol. The summed E-state index contributed by atoms with van der Waals surface area (Å²) in [5, 5.41) is 22.2. The molecule has 2 unspecified atom stereocenters. The number of carbonyl (C=O) groups is 4. The molecule has 2 heterocycles. The van der Waals surface area contributed by atoms with Crippen LogP contribution in [0.2, 0.25) is 0 Å². The first-order valence-electron chi connectivity index (χ1n) is 15.0. The van der Waals surface area contributed by atoms with Crippen LogP contribution < -0.4 is 0 Å². The number of carbonyl (C=O) groups excluding carboxylic acids is 4. The quantitative estimate of drug-likeness (QED) is 0.303. The Hall–Kier alpha value is -3.76. The number of phenols is 2. The molecule has 2 aromatic rings. The molecule has 7 rings (SSSR count). The molecule has 2 aromatic carbocycles. The predicted molar refractivity (Wildman–Crippen MR) is 173 cm³/mol. The number of phenolic OH excluding ortho intramolecular Hbond substituents is 2. The van der Waals surface area contributed by atoms with Crippen molar-refractivity contribution in [3.8, 4) is 11.5 Å². The van der Waals surface area contributed by atoms with E-state index in [1.807, 2.05) is 27.7 Å². The second kappa shape index (κ2) is 10.4. The van der Waals surface area contributed by atoms with Crippen molar-refractivity contribution < 1.29 is 38.9 Å². The van der Waals surface area contributed by atoms with Gasteiger partial charge in [0.05, 0.1) is 23.0 Å². The maximum atomic E-state index is 14.8. The van der Waals surface area contributed by atoms with E-state index in [-0.39, 0.29) is 92.4 Å². The van der Waals surface area contributed by atoms with Gasteiger partial charge in [-0.3, -0.25) is 19.2 Å². The van der Waals surface area contributed by atoms with Crippen LogP contribution in [0.25, 0.3) is 0 Å². The minimum atomic E-state index is -1.11. The van der Waals surface area contributed by atoms with Gasteiger partial charge in [-0.2, -0.15) is 0 Å². The largest absolute Gasteiger partial charge is 0.508 e. The van der Waals surface area contributed by atoms with Crippen LogP contribution in [-0.4, -0.2) is 33.3 Å². The lowest BCUT2D eigenvalue weighted by Gasteiger charge is -2.43. The molecule has 0 bridgehead atoms. The lowest BCUT2D eigenvalue weighted by Crippen LogP contribution is -2.41. The van der Waals surface area contributed by atoms with Crippen LogP contribution in [0.15, 0.2) is 90.7 Å². The minimum absolute atomic E-state index is 0.105. The Morgan fingerprint density at radius 3 is 1.35 bits per heavy atom. The van der Waals surface area contributed by atoms with Crippen molar-refractivity contribution in [1.29, 1.82) is 0 Å². The molecule has 0 saturated carbocycles. The van der Waals surface area contributed by atoms with Gasteiger partial charge in [-0.05, 0) is 47.2 Å². The molecule has 8 nitrogen and oxygen atoms in total. The van der Waals surface area contributed by atoms with Crippen molar-refractivity contribution in [3.63, 3.8) is 0 Å². The fourth-order valence-electron chi connectivity index (χ4n) is 7.47. The minimum Gasteiger partial charge on any atom is -0.508 e. The number of Topliss-reactive ketones (excluding diaryl/α,β-unsaturated/α-hetero) is 4. The Labute approximate surface area is 282 Å². The zero-order valence-corrected chi connectivity index (χ0v) is 28.7. The monoisotopic (exact) mass is 748 g/mol. The van der Waals surface area contributed by atoms with Crippen molar-refractivity contribution in [1.82, 2.24) is 0 Å². The molecule has 0 fully saturated rings. The van der Waals surface area contributed by atoms with Crippen LogP contribution in [0.4, 0.5) is 0 Å². The summed E-state index contributed by atoms with van der Waals surface area (Å²) in [6.45, 7) is 7.70. The molecule has 236 valence electrons. The number of aromatic hydroxyl groups is 2. The van der Waals surface area contributed by atoms with E-state index in [1.54, 1.807) is 24.3 Å². The first kappa shape index (κ1) is 30.9. The Morgan fingerprint density at radius 1 is 0.609 bits per heavy atom. The Kier molecular flexibility index (Phi) is 6.96. The van der Waals surface area contributed by atoms with Crippen molar-refractivity contribution in [2.45, 2.75) is 65.2 Å². The first-order valence-corrected chi connectivity index (χ1v) is 16.6. The van der Waals surface area contributed by atoms with E-state index in [4.69, 9.17) is 9.47 Å². The standard InChI is InChI=1S/C36H30Br2O8/c1-35(2)11-21(41)27-23(13-35)45-33-29(25(27)17-9-15(37)5-7-19(17)39)32(44)34-30(31(33)43)26(18-10-16(38)6-8-20(18)40)28-22(42)12-36(3,4)14-24(28)46-34/h5-10,25-26,39-40H,11-14H2,1-4H3. The normalized spacial score (nSPS) is 25.1. The summed E-state index contributed by atoms with van der Waals surface area (Å²) < 4.78 is 13.8. The second-order valence-electron chi connectivity index (χ2n) is 14.2. The zero-order chi connectivity index (χ0) is 33.0. The highest BCUT2D eigenvalue weighted by Crippen LogP contribution is 2.57. The number of hydrogen-bond donors (Lipinski definition) is 2. The fourth-order valence-corrected chi connectivity index (χ4v) is 8.23. The van der Waals surface area contributed by atoms with E-state index in [0.717, 1.165) is 0 Å². The van der Waals surface area contributed by atoms with E-state index >= 15 is 0 Å². The molecule has 2 N–H and O–H groups in total. The van der Waals surface area contributed by atoms with Gasteiger partial charge in [0.15, 0.2) is 23.1 Å². The van der Waals surface area contributed by atoms with Gasteiger partial charge < -0.3 is 19.7 Å². The molecule has 0 amide bonds. The number of ether oxygens (including phenoxy) is 2. The number of hydrogen-bond acceptors (Lipinski definition) is 8. The zero-order valence-electron chi connectivity index (χ0n) is 25.5. The summed E-state index contributed by atoms with van der Waals surface area (Å²) in [5.41, 5.74) is -0.195. The molecule has 3 aliphatic carbocycles. The van der Waals surface area contributed by atoms with Crippen molar-refractivity contribution in [3.05, 3.63) is 102 Å². The van der Waals surface area contributed by atoms with E-state index in [1.165, 1.54) is 12.1 Å². The molecule has 2 aliphatic heterocycles. The summed E-state index contributed by atoms with van der Waals surface area (Å²) in [5.74, 6) is -4.37. The Morgan fingerprint density at radius 2 is 0.978 bits per heavy atom. The third-order valence-electron chi connectivity index (χ3n) is 9.36. The lowest BCUT2D eigenvalue weighted by molar-refractivity contribution is -0.124. The topological polar surface area (TPSA) is 127 Å². The molecule has 0 spiro atoms. The summed E-state index contributed by atoms with van der Waals surface area (Å²) in [7, 11) is 0. The highest BCUT2D eigenvalue weighted by molar-refractivity contribution is 9.10. The Balaban J connectivity index is 1.47. The average molecular weight is 750 g/mol. The number of allylic oxidation sites excluding steroid dienone is 6.